The fraction of sp³-hybridized carbons (Fsp3) is 0.467. The molecule has 0 atom stereocenters. The number of carbonyl (C=O) groups is 2. The van der Waals surface area contributed by atoms with Crippen molar-refractivity contribution in [2.75, 3.05) is 6.54 Å². The number of aliphatic carboxylic acids is 1. The molecule has 0 aliphatic rings. The summed E-state index contributed by atoms with van der Waals surface area (Å²) in [5, 5.41) is 11.6. The molecule has 0 saturated heterocycles. The van der Waals surface area contributed by atoms with Gasteiger partial charge in [-0.15, -0.1) is 11.3 Å². The molecule has 2 aromatic rings. The number of fused-ring (bicyclic) bond motifs is 1. The van der Waals surface area contributed by atoms with E-state index in [1.807, 2.05) is 13.8 Å². The number of carboxylic acid groups (broad SMARTS) is 1. The summed E-state index contributed by atoms with van der Waals surface area (Å²) >= 11 is 1.14. The van der Waals surface area contributed by atoms with Crippen LogP contribution in [0.2, 0.25) is 0 Å². The van der Waals surface area contributed by atoms with E-state index in [9.17, 15) is 14.4 Å². The second-order valence-corrected chi connectivity index (χ2v) is 6.48. The Morgan fingerprint density at radius 1 is 1.39 bits per heavy atom. The van der Waals surface area contributed by atoms with Gasteiger partial charge < -0.3 is 14.8 Å². The van der Waals surface area contributed by atoms with Crippen LogP contribution in [0, 0.1) is 6.92 Å². The van der Waals surface area contributed by atoms with Gasteiger partial charge in [0.25, 0.3) is 5.91 Å². The lowest BCUT2D eigenvalue weighted by atomic mass is 10.2. The molecule has 2 aromatic heterocycles. The van der Waals surface area contributed by atoms with Gasteiger partial charge in [0.15, 0.2) is 0 Å². The van der Waals surface area contributed by atoms with Crippen LogP contribution in [0.25, 0.3) is 10.2 Å². The highest BCUT2D eigenvalue weighted by atomic mass is 32.1. The van der Waals surface area contributed by atoms with E-state index < -0.39 is 11.6 Å². The lowest BCUT2D eigenvalue weighted by molar-refractivity contribution is -0.137. The molecule has 23 heavy (non-hydrogen) atoms. The normalized spacial score (nSPS) is 11.1. The van der Waals surface area contributed by atoms with Crippen LogP contribution in [0.4, 0.5) is 0 Å². The van der Waals surface area contributed by atoms with Gasteiger partial charge >= 0.3 is 11.6 Å². The van der Waals surface area contributed by atoms with Crippen molar-refractivity contribution in [3.63, 3.8) is 0 Å². The van der Waals surface area contributed by atoms with E-state index >= 15 is 0 Å². The van der Waals surface area contributed by atoms with Gasteiger partial charge in [0, 0.05) is 18.9 Å². The molecule has 2 N–H and O–H groups in total. The molecule has 0 unspecified atom stereocenters. The van der Waals surface area contributed by atoms with Crippen LogP contribution in [-0.4, -0.2) is 28.5 Å². The highest BCUT2D eigenvalue weighted by molar-refractivity contribution is 7.20. The third-order valence-electron chi connectivity index (χ3n) is 3.29. The van der Waals surface area contributed by atoms with Crippen LogP contribution in [-0.2, 0) is 4.79 Å². The highest BCUT2D eigenvalue weighted by Crippen LogP contribution is 2.28. The second-order valence-electron chi connectivity index (χ2n) is 5.48. The van der Waals surface area contributed by atoms with E-state index in [-0.39, 0.29) is 24.8 Å². The minimum absolute atomic E-state index is 0.00539. The molecule has 0 aliphatic heterocycles. The van der Waals surface area contributed by atoms with E-state index in [4.69, 9.17) is 9.52 Å². The zero-order valence-electron chi connectivity index (χ0n) is 13.1. The van der Waals surface area contributed by atoms with Gasteiger partial charge in [-0.05, 0) is 18.9 Å². The Labute approximate surface area is 136 Å². The fourth-order valence-electron chi connectivity index (χ4n) is 2.07. The lowest BCUT2D eigenvalue weighted by Crippen LogP contribution is -2.24. The molecule has 0 radical (unpaired) electrons. The predicted molar refractivity (Wildman–Crippen MR) is 86.2 cm³/mol. The summed E-state index contributed by atoms with van der Waals surface area (Å²) in [5.41, 5.74) is 0.0506. The molecule has 0 aromatic carbocycles. The Kier molecular flexibility index (Phi) is 5.15. The lowest BCUT2D eigenvalue weighted by Gasteiger charge is -2.02. The molecule has 2 rings (SSSR count). The molecule has 0 fully saturated rings. The zero-order chi connectivity index (χ0) is 17.1. The van der Waals surface area contributed by atoms with E-state index in [2.05, 4.69) is 10.3 Å². The van der Waals surface area contributed by atoms with E-state index in [1.165, 1.54) is 0 Å². The van der Waals surface area contributed by atoms with Crippen LogP contribution >= 0.6 is 11.3 Å². The molecule has 7 nitrogen and oxygen atoms in total. The Morgan fingerprint density at radius 3 is 2.70 bits per heavy atom. The van der Waals surface area contributed by atoms with Crippen molar-refractivity contribution in [3.8, 4) is 0 Å². The van der Waals surface area contributed by atoms with Gasteiger partial charge in [0.05, 0.1) is 4.88 Å². The monoisotopic (exact) mass is 338 g/mol. The van der Waals surface area contributed by atoms with Crippen LogP contribution < -0.4 is 10.9 Å². The number of hydrogen-bond donors (Lipinski definition) is 2. The van der Waals surface area contributed by atoms with E-state index in [0.29, 0.717) is 33.0 Å². The standard InChI is InChI=1S/C15H18N2O5S/c1-7(2)13-17-14-10(15(21)22-13)8(3)11(23-14)12(20)16-6-4-5-9(18)19/h7H,4-6H2,1-3H3,(H,16,20)(H,18,19). The first-order chi connectivity index (χ1) is 10.8. The summed E-state index contributed by atoms with van der Waals surface area (Å²) in [7, 11) is 0. The Bertz CT molecular complexity index is 806. The molecular formula is C15H18N2O5S. The average Bonchev–Trinajstić information content (AvgIpc) is 2.80. The minimum atomic E-state index is -0.902. The van der Waals surface area contributed by atoms with E-state index in [1.54, 1.807) is 6.92 Å². The maximum absolute atomic E-state index is 12.2. The number of carbonyl (C=O) groups excluding carboxylic acids is 1. The molecule has 124 valence electrons. The summed E-state index contributed by atoms with van der Waals surface area (Å²) in [4.78, 5) is 39.9. The number of hydrogen-bond acceptors (Lipinski definition) is 6. The van der Waals surface area contributed by atoms with Crippen molar-refractivity contribution in [2.24, 2.45) is 0 Å². The number of aryl methyl sites for hydroxylation is 1. The van der Waals surface area contributed by atoms with E-state index in [0.717, 1.165) is 11.3 Å². The first-order valence-electron chi connectivity index (χ1n) is 7.25. The maximum Gasteiger partial charge on any atom is 0.348 e. The Morgan fingerprint density at radius 2 is 2.09 bits per heavy atom. The maximum atomic E-state index is 12.2. The smallest absolute Gasteiger partial charge is 0.348 e. The number of thiophene rings is 1. The second kappa shape index (κ2) is 6.91. The summed E-state index contributed by atoms with van der Waals surface area (Å²) in [6.45, 7) is 5.68. The van der Waals surface area contributed by atoms with Crippen LogP contribution in [0.15, 0.2) is 9.21 Å². The van der Waals surface area contributed by atoms with Crippen LogP contribution in [0.5, 0.6) is 0 Å². The van der Waals surface area contributed by atoms with Gasteiger partial charge in [-0.1, -0.05) is 13.8 Å². The molecular weight excluding hydrogens is 320 g/mol. The third-order valence-corrected chi connectivity index (χ3v) is 4.48. The number of nitrogens with one attached hydrogen (secondary N) is 1. The molecule has 0 saturated carbocycles. The number of rotatable bonds is 6. The van der Waals surface area contributed by atoms with Crippen molar-refractivity contribution >= 4 is 33.4 Å². The topological polar surface area (TPSA) is 110 Å². The summed E-state index contributed by atoms with van der Waals surface area (Å²) in [5.74, 6) is -0.915. The SMILES string of the molecule is Cc1c(C(=O)NCCCC(=O)O)sc2nc(C(C)C)oc(=O)c12. The number of nitrogens with zero attached hydrogens (tertiary/aromatic N) is 1. The van der Waals surface area contributed by atoms with Gasteiger partial charge in [-0.2, -0.15) is 0 Å². The fourth-order valence-corrected chi connectivity index (χ4v) is 3.16. The van der Waals surface area contributed by atoms with Gasteiger partial charge in [-0.25, -0.2) is 9.78 Å². The first-order valence-corrected chi connectivity index (χ1v) is 8.07. The van der Waals surface area contributed by atoms with Gasteiger partial charge in [0.2, 0.25) is 5.89 Å². The quantitative estimate of drug-likeness (QED) is 0.782. The summed E-state index contributed by atoms with van der Waals surface area (Å²) in [6.07, 6.45) is 0.345. The van der Waals surface area contributed by atoms with Gasteiger partial charge in [0.1, 0.15) is 10.2 Å². The van der Waals surface area contributed by atoms with Crippen molar-refractivity contribution in [2.45, 2.75) is 39.5 Å². The molecule has 8 heteroatoms. The number of aromatic nitrogens is 1. The van der Waals surface area contributed by atoms with Crippen molar-refractivity contribution < 1.29 is 19.1 Å². The summed E-state index contributed by atoms with van der Waals surface area (Å²) in [6, 6.07) is 0. The van der Waals surface area contributed by atoms with Crippen LogP contribution in [0.1, 0.15) is 53.7 Å². The van der Waals surface area contributed by atoms with Gasteiger partial charge in [-0.3, -0.25) is 9.59 Å². The Hall–Kier alpha value is -2.22. The summed E-state index contributed by atoms with van der Waals surface area (Å²) < 4.78 is 5.19. The zero-order valence-corrected chi connectivity index (χ0v) is 14.0. The first kappa shape index (κ1) is 17.1. The van der Waals surface area contributed by atoms with Crippen molar-refractivity contribution in [1.82, 2.24) is 10.3 Å². The average molecular weight is 338 g/mol. The molecule has 2 heterocycles. The molecule has 0 bridgehead atoms. The largest absolute Gasteiger partial charge is 0.481 e. The number of carboxylic acids is 1. The highest BCUT2D eigenvalue weighted by Gasteiger charge is 2.20. The van der Waals surface area contributed by atoms with Crippen molar-refractivity contribution in [3.05, 3.63) is 26.8 Å². The number of amides is 1. The molecule has 0 spiro atoms. The predicted octanol–water partition coefficient (Wildman–Crippen LogP) is 2.28. The van der Waals surface area contributed by atoms with Crippen LogP contribution in [0.3, 0.4) is 0 Å². The Balaban J connectivity index is 2.26. The third kappa shape index (κ3) is 3.76. The minimum Gasteiger partial charge on any atom is -0.481 e. The molecule has 0 aliphatic carbocycles. The van der Waals surface area contributed by atoms with Crippen molar-refractivity contribution in [1.29, 1.82) is 0 Å². The molecule has 1 amide bonds.